The standard InChI is InChI=1S/C27H29NO3/c1-16-6-8-18(9-7-16)19-10-12-20(13-11-19)24-23(26(30)31-5)17(2)28-21-14-27(3,4)15-22(29)25(21)24/h6-13,24-25H,14-15H2,1-5H3. The van der Waals surface area contributed by atoms with Crippen molar-refractivity contribution in [1.29, 1.82) is 0 Å². The van der Waals surface area contributed by atoms with Gasteiger partial charge in [-0.15, -0.1) is 0 Å². The van der Waals surface area contributed by atoms with E-state index in [1.165, 1.54) is 12.7 Å². The Labute approximate surface area is 184 Å². The highest BCUT2D eigenvalue weighted by atomic mass is 16.5. The Morgan fingerprint density at radius 1 is 0.935 bits per heavy atom. The van der Waals surface area contributed by atoms with E-state index in [1.54, 1.807) is 0 Å². The van der Waals surface area contributed by atoms with Crippen molar-refractivity contribution in [2.45, 2.75) is 46.5 Å². The fourth-order valence-electron chi connectivity index (χ4n) is 4.96. The van der Waals surface area contributed by atoms with E-state index in [0.717, 1.165) is 28.8 Å². The Kier molecular flexibility index (Phi) is 5.42. The summed E-state index contributed by atoms with van der Waals surface area (Å²) < 4.78 is 5.09. The zero-order chi connectivity index (χ0) is 22.3. The number of ether oxygens (including phenoxy) is 1. The summed E-state index contributed by atoms with van der Waals surface area (Å²) >= 11 is 0. The van der Waals surface area contributed by atoms with E-state index >= 15 is 0 Å². The monoisotopic (exact) mass is 415 g/mol. The number of fused-ring (bicyclic) bond motifs is 1. The topological polar surface area (TPSA) is 55.7 Å². The maximum Gasteiger partial charge on any atom is 0.336 e. The Balaban J connectivity index is 1.78. The minimum absolute atomic E-state index is 0.116. The molecule has 31 heavy (non-hydrogen) atoms. The summed E-state index contributed by atoms with van der Waals surface area (Å²) in [5.74, 6) is -1.03. The molecule has 1 aliphatic heterocycles. The van der Waals surface area contributed by atoms with Gasteiger partial charge in [0, 0.05) is 23.7 Å². The predicted octanol–water partition coefficient (Wildman–Crippen LogP) is 5.65. The third-order valence-corrected chi connectivity index (χ3v) is 6.42. The molecule has 4 nitrogen and oxygen atoms in total. The van der Waals surface area contributed by atoms with Crippen LogP contribution >= 0.6 is 0 Å². The van der Waals surface area contributed by atoms with Gasteiger partial charge in [0.05, 0.1) is 18.6 Å². The molecule has 2 aromatic rings. The van der Waals surface area contributed by atoms with Gasteiger partial charge in [0.25, 0.3) is 0 Å². The summed E-state index contributed by atoms with van der Waals surface area (Å²) in [5.41, 5.74) is 6.32. The number of aryl methyl sites for hydroxylation is 1. The third-order valence-electron chi connectivity index (χ3n) is 6.42. The van der Waals surface area contributed by atoms with Crippen LogP contribution < -0.4 is 0 Å². The number of carbonyl (C=O) groups excluding carboxylic acids is 2. The molecule has 2 atom stereocenters. The number of Topliss-reactive ketones (excluding diaryl/α,β-unsaturated/α-hetero) is 1. The Morgan fingerprint density at radius 3 is 2.10 bits per heavy atom. The molecule has 1 aliphatic carbocycles. The van der Waals surface area contributed by atoms with Crippen LogP contribution in [0.3, 0.4) is 0 Å². The molecule has 0 bridgehead atoms. The van der Waals surface area contributed by atoms with Gasteiger partial charge in [-0.2, -0.15) is 0 Å². The van der Waals surface area contributed by atoms with Crippen LogP contribution in [0.15, 0.2) is 64.8 Å². The minimum atomic E-state index is -0.412. The van der Waals surface area contributed by atoms with Gasteiger partial charge in [-0.25, -0.2) is 4.79 Å². The number of nitrogens with zero attached hydrogens (tertiary/aromatic N) is 1. The number of allylic oxidation sites excluding steroid dienone is 1. The quantitative estimate of drug-likeness (QED) is 0.609. The van der Waals surface area contributed by atoms with Crippen LogP contribution in [0.2, 0.25) is 0 Å². The molecule has 0 saturated heterocycles. The van der Waals surface area contributed by atoms with Crippen LogP contribution in [0.5, 0.6) is 0 Å². The van der Waals surface area contributed by atoms with E-state index in [1.807, 2.05) is 19.1 Å². The molecule has 2 unspecified atom stereocenters. The van der Waals surface area contributed by atoms with Crippen molar-refractivity contribution in [3.8, 4) is 11.1 Å². The number of methoxy groups -OCH3 is 1. The Hall–Kier alpha value is -3.01. The molecule has 0 N–H and O–H groups in total. The number of benzene rings is 2. The summed E-state index contributed by atoms with van der Waals surface area (Å²) in [4.78, 5) is 30.7. The van der Waals surface area contributed by atoms with E-state index in [-0.39, 0.29) is 17.1 Å². The first-order valence-electron chi connectivity index (χ1n) is 10.8. The largest absolute Gasteiger partial charge is 0.466 e. The van der Waals surface area contributed by atoms with Crippen LogP contribution in [-0.2, 0) is 14.3 Å². The molecule has 2 aliphatic rings. The molecule has 160 valence electrons. The summed E-state index contributed by atoms with van der Waals surface area (Å²) in [6, 6.07) is 16.6. The van der Waals surface area contributed by atoms with Crippen molar-refractivity contribution in [3.05, 3.63) is 70.9 Å². The summed E-state index contributed by atoms with van der Waals surface area (Å²) in [5, 5.41) is 0. The van der Waals surface area contributed by atoms with Crippen LogP contribution in [0, 0.1) is 18.3 Å². The molecule has 0 amide bonds. The number of rotatable bonds is 3. The van der Waals surface area contributed by atoms with Crippen molar-refractivity contribution in [2.24, 2.45) is 16.3 Å². The smallest absolute Gasteiger partial charge is 0.336 e. The number of esters is 1. The van der Waals surface area contributed by atoms with Crippen molar-refractivity contribution in [2.75, 3.05) is 7.11 Å². The molecule has 2 aromatic carbocycles. The van der Waals surface area contributed by atoms with E-state index in [9.17, 15) is 9.59 Å². The SMILES string of the molecule is COC(=O)C1=C(C)N=C2CC(C)(C)CC(=O)C2C1c1ccc(-c2ccc(C)cc2)cc1. The number of carbonyl (C=O) groups is 2. The maximum atomic E-state index is 13.3. The fraction of sp³-hybridized carbons (Fsp3) is 0.370. The molecule has 1 saturated carbocycles. The van der Waals surface area contributed by atoms with Gasteiger partial charge < -0.3 is 4.74 Å². The molecular weight excluding hydrogens is 386 g/mol. The van der Waals surface area contributed by atoms with Crippen molar-refractivity contribution in [1.82, 2.24) is 0 Å². The van der Waals surface area contributed by atoms with Gasteiger partial charge in [0.2, 0.25) is 0 Å². The van der Waals surface area contributed by atoms with Crippen LogP contribution in [-0.4, -0.2) is 24.6 Å². The molecule has 0 spiro atoms. The second kappa shape index (κ2) is 7.92. The molecule has 1 fully saturated rings. The number of ketones is 1. The molecule has 0 aromatic heterocycles. The van der Waals surface area contributed by atoms with E-state index in [0.29, 0.717) is 17.7 Å². The van der Waals surface area contributed by atoms with Crippen molar-refractivity contribution < 1.29 is 14.3 Å². The first kappa shape index (κ1) is 21.2. The van der Waals surface area contributed by atoms with E-state index in [2.05, 4.69) is 57.2 Å². The third kappa shape index (κ3) is 3.99. The predicted molar refractivity (Wildman–Crippen MR) is 123 cm³/mol. The van der Waals surface area contributed by atoms with Crippen LogP contribution in [0.4, 0.5) is 0 Å². The fourth-order valence-corrected chi connectivity index (χ4v) is 4.96. The molecule has 0 radical (unpaired) electrons. The lowest BCUT2D eigenvalue weighted by molar-refractivity contribution is -0.136. The van der Waals surface area contributed by atoms with E-state index < -0.39 is 11.9 Å². The molecule has 1 heterocycles. The average Bonchev–Trinajstić information content (AvgIpc) is 2.72. The average molecular weight is 416 g/mol. The lowest BCUT2D eigenvalue weighted by atomic mass is 9.63. The number of aliphatic imine (C=N–C) groups is 1. The second-order valence-electron chi connectivity index (χ2n) is 9.52. The lowest BCUT2D eigenvalue weighted by Gasteiger charge is -2.41. The highest BCUT2D eigenvalue weighted by Gasteiger charge is 2.47. The summed E-state index contributed by atoms with van der Waals surface area (Å²) in [7, 11) is 1.38. The minimum Gasteiger partial charge on any atom is -0.466 e. The van der Waals surface area contributed by atoms with Gasteiger partial charge in [-0.05, 0) is 42.4 Å². The number of hydrogen-bond donors (Lipinski definition) is 0. The lowest BCUT2D eigenvalue weighted by Crippen LogP contribution is -2.44. The molecule has 4 rings (SSSR count). The first-order valence-corrected chi connectivity index (χ1v) is 10.8. The van der Waals surface area contributed by atoms with Gasteiger partial charge in [-0.3, -0.25) is 9.79 Å². The molecular formula is C27H29NO3. The van der Waals surface area contributed by atoms with Crippen molar-refractivity contribution >= 4 is 17.5 Å². The maximum absolute atomic E-state index is 13.3. The zero-order valence-electron chi connectivity index (χ0n) is 18.9. The van der Waals surface area contributed by atoms with Gasteiger partial charge >= 0.3 is 5.97 Å². The highest BCUT2D eigenvalue weighted by Crippen LogP contribution is 2.47. The summed E-state index contributed by atoms with van der Waals surface area (Å²) in [6.45, 7) is 8.11. The molecule has 4 heteroatoms. The van der Waals surface area contributed by atoms with E-state index in [4.69, 9.17) is 9.73 Å². The van der Waals surface area contributed by atoms with Gasteiger partial charge in [0.15, 0.2) is 0 Å². The zero-order valence-corrected chi connectivity index (χ0v) is 18.9. The van der Waals surface area contributed by atoms with Crippen LogP contribution in [0.1, 0.15) is 50.7 Å². The summed E-state index contributed by atoms with van der Waals surface area (Å²) in [6.07, 6.45) is 1.25. The van der Waals surface area contributed by atoms with Crippen LogP contribution in [0.25, 0.3) is 11.1 Å². The number of hydrogen-bond acceptors (Lipinski definition) is 4. The van der Waals surface area contributed by atoms with Gasteiger partial charge in [-0.1, -0.05) is 67.9 Å². The van der Waals surface area contributed by atoms with Crippen molar-refractivity contribution in [3.63, 3.8) is 0 Å². The van der Waals surface area contributed by atoms with Gasteiger partial charge in [0.1, 0.15) is 5.78 Å². The highest BCUT2D eigenvalue weighted by molar-refractivity contribution is 6.12. The second-order valence-corrected chi connectivity index (χ2v) is 9.52. The Bertz CT molecular complexity index is 1090. The first-order chi connectivity index (χ1) is 14.7. The Morgan fingerprint density at radius 2 is 1.52 bits per heavy atom. The normalized spacial score (nSPS) is 22.6.